The van der Waals surface area contributed by atoms with Gasteiger partial charge in [-0.3, -0.25) is 9.59 Å². The lowest BCUT2D eigenvalue weighted by Gasteiger charge is -2.43. The number of ether oxygens (including phenoxy) is 2. The van der Waals surface area contributed by atoms with Crippen molar-refractivity contribution < 1.29 is 24.2 Å². The number of aliphatic hydroxyl groups excluding tert-OH is 1. The first-order chi connectivity index (χ1) is 12.3. The Kier molecular flexibility index (Phi) is 3.89. The Balaban J connectivity index is 1.91. The molecule has 5 heteroatoms. The molecule has 0 saturated heterocycles. The molecule has 0 heterocycles. The highest BCUT2D eigenvalue weighted by molar-refractivity contribution is 5.83. The maximum Gasteiger partial charge on any atom is 0.314 e. The minimum Gasteiger partial charge on any atom is -0.469 e. The van der Waals surface area contributed by atoms with Gasteiger partial charge >= 0.3 is 11.9 Å². The summed E-state index contributed by atoms with van der Waals surface area (Å²) in [4.78, 5) is 25.8. The summed E-state index contributed by atoms with van der Waals surface area (Å²) >= 11 is 0. The molecule has 0 aromatic carbocycles. The van der Waals surface area contributed by atoms with Gasteiger partial charge in [-0.25, -0.2) is 0 Å². The maximum atomic E-state index is 13.0. The molecule has 7 atom stereocenters. The molecule has 26 heavy (non-hydrogen) atoms. The van der Waals surface area contributed by atoms with Crippen molar-refractivity contribution in [2.24, 2.45) is 34.5 Å². The lowest BCUT2D eigenvalue weighted by Crippen LogP contribution is -2.52. The molecule has 0 radical (unpaired) electrons. The summed E-state index contributed by atoms with van der Waals surface area (Å²) in [6.45, 7) is 6.04. The van der Waals surface area contributed by atoms with Crippen molar-refractivity contribution in [1.82, 2.24) is 0 Å². The van der Waals surface area contributed by atoms with Crippen molar-refractivity contribution in [3.8, 4) is 0 Å². The van der Waals surface area contributed by atoms with Crippen LogP contribution in [-0.2, 0) is 19.1 Å². The number of rotatable bonds is 2. The third-order valence-corrected chi connectivity index (χ3v) is 7.97. The van der Waals surface area contributed by atoms with Gasteiger partial charge in [0.1, 0.15) is 0 Å². The van der Waals surface area contributed by atoms with Crippen molar-refractivity contribution in [3.63, 3.8) is 0 Å². The minimum absolute atomic E-state index is 0.233. The van der Waals surface area contributed by atoms with Gasteiger partial charge in [0, 0.05) is 5.92 Å². The largest absolute Gasteiger partial charge is 0.469 e. The molecular formula is C21H28O5. The number of hydrogen-bond acceptors (Lipinski definition) is 5. The normalized spacial score (nSPS) is 46.2. The second-order valence-electron chi connectivity index (χ2n) is 8.81. The molecule has 1 spiro atoms. The van der Waals surface area contributed by atoms with Crippen molar-refractivity contribution >= 4 is 11.9 Å². The Bertz CT molecular complexity index is 709. The summed E-state index contributed by atoms with van der Waals surface area (Å²) < 4.78 is 10.3. The Morgan fingerprint density at radius 2 is 2.00 bits per heavy atom. The fraction of sp³-hybridized carbons (Fsp3) is 0.714. The standard InChI is InChI=1S/C21H28O5/c1-11-9-21-10-12(11)5-7-14(21)13-6-8-15(22)20(2,19(24)26-4)16(13)17(21)18(23)25-3/h6,12,14-17,22H,1,5,7-10H2,2-4H3/t12-,14?,15-,16?,17-,20-,21+/m1/s1. The molecule has 4 aliphatic rings. The minimum atomic E-state index is -1.14. The van der Waals surface area contributed by atoms with Crippen molar-refractivity contribution in [1.29, 1.82) is 0 Å². The molecule has 0 amide bonds. The maximum absolute atomic E-state index is 13.0. The van der Waals surface area contributed by atoms with Gasteiger partial charge in [-0.1, -0.05) is 23.8 Å². The fourth-order valence-electron chi connectivity index (χ4n) is 6.80. The predicted octanol–water partition coefficient (Wildman–Crippen LogP) is 2.64. The lowest BCUT2D eigenvalue weighted by molar-refractivity contribution is -0.171. The van der Waals surface area contributed by atoms with E-state index < -0.39 is 23.4 Å². The van der Waals surface area contributed by atoms with E-state index in [1.165, 1.54) is 19.8 Å². The van der Waals surface area contributed by atoms with Crippen LogP contribution in [-0.4, -0.2) is 37.4 Å². The van der Waals surface area contributed by atoms with Gasteiger partial charge in [-0.2, -0.15) is 0 Å². The second-order valence-corrected chi connectivity index (χ2v) is 8.81. The topological polar surface area (TPSA) is 72.8 Å². The summed E-state index contributed by atoms with van der Waals surface area (Å²) in [7, 11) is 2.76. The Hall–Kier alpha value is -1.62. The summed E-state index contributed by atoms with van der Waals surface area (Å²) in [5, 5.41) is 10.8. The molecule has 5 nitrogen and oxygen atoms in total. The Morgan fingerprint density at radius 1 is 1.27 bits per heavy atom. The first kappa shape index (κ1) is 17.8. The Morgan fingerprint density at radius 3 is 2.65 bits per heavy atom. The molecule has 3 saturated carbocycles. The SMILES string of the molecule is C=C1C[C@]23C[C@H]1CCC2C1=CC[C@@H](O)[C@@](C)(C(=O)OC)C1[C@@H]3C(=O)OC. The Labute approximate surface area is 154 Å². The third-order valence-electron chi connectivity index (χ3n) is 7.97. The van der Waals surface area contributed by atoms with Crippen molar-refractivity contribution in [2.45, 2.75) is 45.1 Å². The number of esters is 2. The third kappa shape index (κ3) is 1.95. The number of allylic oxidation sites excluding steroid dienone is 2. The van der Waals surface area contributed by atoms with E-state index in [1.54, 1.807) is 6.92 Å². The zero-order valence-electron chi connectivity index (χ0n) is 15.8. The van der Waals surface area contributed by atoms with Gasteiger partial charge < -0.3 is 14.6 Å². The summed E-state index contributed by atoms with van der Waals surface area (Å²) in [5.41, 5.74) is 1.01. The smallest absolute Gasteiger partial charge is 0.314 e. The molecule has 4 rings (SSSR count). The summed E-state index contributed by atoms with van der Waals surface area (Å²) in [6, 6.07) is 0. The van der Waals surface area contributed by atoms with Crippen LogP contribution in [0.2, 0.25) is 0 Å². The van der Waals surface area contributed by atoms with E-state index in [-0.39, 0.29) is 23.2 Å². The molecule has 0 aliphatic heterocycles. The molecule has 0 aromatic heterocycles. The van der Waals surface area contributed by atoms with Crippen LogP contribution in [0, 0.1) is 34.5 Å². The average molecular weight is 360 g/mol. The van der Waals surface area contributed by atoms with Crippen LogP contribution in [0.3, 0.4) is 0 Å². The van der Waals surface area contributed by atoms with E-state index in [4.69, 9.17) is 9.47 Å². The van der Waals surface area contributed by atoms with Crippen LogP contribution in [0.15, 0.2) is 23.8 Å². The highest BCUT2D eigenvalue weighted by Crippen LogP contribution is 2.72. The highest BCUT2D eigenvalue weighted by atomic mass is 16.5. The van der Waals surface area contributed by atoms with Crippen LogP contribution in [0.5, 0.6) is 0 Å². The van der Waals surface area contributed by atoms with E-state index in [9.17, 15) is 14.7 Å². The monoisotopic (exact) mass is 360 g/mol. The molecule has 2 bridgehead atoms. The van der Waals surface area contributed by atoms with Gasteiger partial charge in [0.25, 0.3) is 0 Å². The van der Waals surface area contributed by atoms with E-state index >= 15 is 0 Å². The average Bonchev–Trinajstić information content (AvgIpc) is 3.07. The van der Waals surface area contributed by atoms with Crippen molar-refractivity contribution in [2.75, 3.05) is 14.2 Å². The number of fused-ring (bicyclic) bond motifs is 3. The zero-order valence-corrected chi connectivity index (χ0v) is 15.8. The predicted molar refractivity (Wildman–Crippen MR) is 94.8 cm³/mol. The number of aliphatic hydroxyl groups is 1. The number of carbonyl (C=O) groups excluding carboxylic acids is 2. The first-order valence-electron chi connectivity index (χ1n) is 9.53. The number of methoxy groups -OCH3 is 2. The first-order valence-corrected chi connectivity index (χ1v) is 9.53. The molecule has 1 N–H and O–H groups in total. The quantitative estimate of drug-likeness (QED) is 0.605. The molecule has 0 aromatic rings. The molecule has 3 fully saturated rings. The highest BCUT2D eigenvalue weighted by Gasteiger charge is 2.71. The lowest BCUT2D eigenvalue weighted by atomic mass is 9.60. The van der Waals surface area contributed by atoms with Gasteiger partial charge in [0.15, 0.2) is 0 Å². The second kappa shape index (κ2) is 5.69. The number of carbonyl (C=O) groups is 2. The van der Waals surface area contributed by atoms with Gasteiger partial charge in [-0.15, -0.1) is 0 Å². The summed E-state index contributed by atoms with van der Waals surface area (Å²) in [6.07, 6.45) is 5.46. The number of hydrogen-bond donors (Lipinski definition) is 1. The van der Waals surface area contributed by atoms with Crippen LogP contribution in [0.25, 0.3) is 0 Å². The molecule has 142 valence electrons. The fourth-order valence-corrected chi connectivity index (χ4v) is 6.80. The van der Waals surface area contributed by atoms with E-state index in [0.717, 1.165) is 31.3 Å². The zero-order chi connectivity index (χ0) is 18.9. The van der Waals surface area contributed by atoms with E-state index in [2.05, 4.69) is 12.7 Å². The summed E-state index contributed by atoms with van der Waals surface area (Å²) in [5.74, 6) is -0.830. The van der Waals surface area contributed by atoms with Crippen LogP contribution < -0.4 is 0 Å². The molecular weight excluding hydrogens is 332 g/mol. The van der Waals surface area contributed by atoms with Gasteiger partial charge in [-0.05, 0) is 56.3 Å². The van der Waals surface area contributed by atoms with Crippen LogP contribution in [0.4, 0.5) is 0 Å². The van der Waals surface area contributed by atoms with Crippen LogP contribution in [0.1, 0.15) is 39.0 Å². The molecule has 2 unspecified atom stereocenters. The van der Waals surface area contributed by atoms with Crippen molar-refractivity contribution in [3.05, 3.63) is 23.8 Å². The molecule has 4 aliphatic carbocycles. The van der Waals surface area contributed by atoms with Gasteiger partial charge in [0.05, 0.1) is 31.7 Å². The van der Waals surface area contributed by atoms with Gasteiger partial charge in [0.2, 0.25) is 0 Å². The van der Waals surface area contributed by atoms with E-state index in [0.29, 0.717) is 12.3 Å². The van der Waals surface area contributed by atoms with E-state index in [1.807, 2.05) is 0 Å². The van der Waals surface area contributed by atoms with Crippen LogP contribution >= 0.6 is 0 Å².